The molecule has 0 saturated carbocycles. The normalized spacial score (nSPS) is 15.6. The van der Waals surface area contributed by atoms with Crippen molar-refractivity contribution < 1.29 is 13.2 Å². The van der Waals surface area contributed by atoms with Crippen LogP contribution < -0.4 is 4.72 Å². The summed E-state index contributed by atoms with van der Waals surface area (Å²) in [5, 5.41) is 0. The van der Waals surface area contributed by atoms with Crippen molar-refractivity contribution in [3.05, 3.63) is 120 Å². The van der Waals surface area contributed by atoms with Crippen LogP contribution in [-0.2, 0) is 16.6 Å². The fourth-order valence-electron chi connectivity index (χ4n) is 4.47. The van der Waals surface area contributed by atoms with Gasteiger partial charge in [-0.25, -0.2) is 8.42 Å². The smallest absolute Gasteiger partial charge is 0.261 e. The summed E-state index contributed by atoms with van der Waals surface area (Å²) in [6.07, 6.45) is 2.03. The highest BCUT2D eigenvalue weighted by atomic mass is 32.2. The first kappa shape index (κ1) is 22.0. The number of hydrogen-bond acceptors (Lipinski definition) is 3. The SMILES string of the molecule is Cc1cccc(NS(=O)(=O)c2cccc(C(=O)N3CCn4cccc4C3c3ccccc3)c2)c1. The third kappa shape index (κ3) is 4.22. The van der Waals surface area contributed by atoms with Gasteiger partial charge in [-0.1, -0.05) is 48.5 Å². The minimum Gasteiger partial charge on any atom is -0.348 e. The minimum absolute atomic E-state index is 0.0523. The summed E-state index contributed by atoms with van der Waals surface area (Å²) in [6, 6.07) is 27.1. The van der Waals surface area contributed by atoms with Crippen LogP contribution in [0.1, 0.15) is 33.2 Å². The highest BCUT2D eigenvalue weighted by molar-refractivity contribution is 7.92. The average Bonchev–Trinajstić information content (AvgIpc) is 3.32. The van der Waals surface area contributed by atoms with Crippen LogP contribution >= 0.6 is 0 Å². The number of anilines is 1. The molecule has 1 unspecified atom stereocenters. The number of nitrogens with zero attached hydrogens (tertiary/aromatic N) is 2. The number of carbonyl (C=O) groups is 1. The highest BCUT2D eigenvalue weighted by Crippen LogP contribution is 2.33. The van der Waals surface area contributed by atoms with Crippen molar-refractivity contribution in [2.75, 3.05) is 11.3 Å². The van der Waals surface area contributed by atoms with E-state index in [1.165, 1.54) is 12.1 Å². The molecule has 2 heterocycles. The van der Waals surface area contributed by atoms with Crippen LogP contribution in [-0.4, -0.2) is 30.3 Å². The van der Waals surface area contributed by atoms with E-state index in [1.54, 1.807) is 30.3 Å². The largest absolute Gasteiger partial charge is 0.348 e. The molecule has 0 spiro atoms. The van der Waals surface area contributed by atoms with Crippen LogP contribution in [0.25, 0.3) is 0 Å². The van der Waals surface area contributed by atoms with Crippen molar-refractivity contribution in [1.82, 2.24) is 9.47 Å². The lowest BCUT2D eigenvalue weighted by atomic mass is 9.99. The maximum Gasteiger partial charge on any atom is 0.261 e. The van der Waals surface area contributed by atoms with Crippen LogP contribution in [0.5, 0.6) is 0 Å². The summed E-state index contributed by atoms with van der Waals surface area (Å²) in [5.41, 5.74) is 3.83. The molecule has 172 valence electrons. The van der Waals surface area contributed by atoms with E-state index in [0.29, 0.717) is 24.3 Å². The number of benzene rings is 3. The fraction of sp³-hybridized carbons (Fsp3) is 0.148. The quantitative estimate of drug-likeness (QED) is 0.453. The van der Waals surface area contributed by atoms with Gasteiger partial charge in [0.2, 0.25) is 0 Å². The lowest BCUT2D eigenvalue weighted by Crippen LogP contribution is -2.42. The second kappa shape index (κ2) is 8.83. The van der Waals surface area contributed by atoms with Gasteiger partial charge in [0.25, 0.3) is 15.9 Å². The number of carbonyl (C=O) groups excluding carboxylic acids is 1. The Morgan fingerprint density at radius 2 is 1.68 bits per heavy atom. The number of aryl methyl sites for hydroxylation is 1. The maximum atomic E-state index is 13.7. The number of sulfonamides is 1. The lowest BCUT2D eigenvalue weighted by molar-refractivity contribution is 0.0664. The molecular formula is C27H25N3O3S. The summed E-state index contributed by atoms with van der Waals surface area (Å²) in [4.78, 5) is 15.6. The Kier molecular flexibility index (Phi) is 5.71. The first-order valence-electron chi connectivity index (χ1n) is 11.1. The Hall–Kier alpha value is -3.84. The minimum atomic E-state index is -3.85. The summed E-state index contributed by atoms with van der Waals surface area (Å²) in [7, 11) is -3.85. The van der Waals surface area contributed by atoms with Crippen LogP contribution in [0, 0.1) is 6.92 Å². The Morgan fingerprint density at radius 3 is 2.47 bits per heavy atom. The van der Waals surface area contributed by atoms with Gasteiger partial charge >= 0.3 is 0 Å². The molecular weight excluding hydrogens is 446 g/mol. The number of hydrogen-bond donors (Lipinski definition) is 1. The van der Waals surface area contributed by atoms with E-state index in [4.69, 9.17) is 0 Å². The third-order valence-corrected chi connectivity index (χ3v) is 7.45. The molecule has 4 aromatic rings. The number of amides is 1. The summed E-state index contributed by atoms with van der Waals surface area (Å²) in [5.74, 6) is -0.200. The van der Waals surface area contributed by atoms with Crippen molar-refractivity contribution in [1.29, 1.82) is 0 Å². The van der Waals surface area contributed by atoms with Gasteiger partial charge in [0.05, 0.1) is 10.9 Å². The predicted octanol–water partition coefficient (Wildman–Crippen LogP) is 4.84. The Bertz CT molecular complexity index is 1440. The van der Waals surface area contributed by atoms with E-state index in [9.17, 15) is 13.2 Å². The zero-order valence-electron chi connectivity index (χ0n) is 18.8. The maximum absolute atomic E-state index is 13.7. The lowest BCUT2D eigenvalue weighted by Gasteiger charge is -2.37. The molecule has 0 bridgehead atoms. The molecule has 0 fully saturated rings. The monoisotopic (exact) mass is 471 g/mol. The molecule has 1 amide bonds. The molecule has 3 aromatic carbocycles. The van der Waals surface area contributed by atoms with Crippen molar-refractivity contribution in [2.24, 2.45) is 0 Å². The summed E-state index contributed by atoms with van der Waals surface area (Å²) < 4.78 is 30.8. The molecule has 1 atom stereocenters. The Labute approximate surface area is 199 Å². The molecule has 5 rings (SSSR count). The molecule has 6 nitrogen and oxygen atoms in total. The second-order valence-corrected chi connectivity index (χ2v) is 10.1. The number of fused-ring (bicyclic) bond motifs is 1. The Morgan fingerprint density at radius 1 is 0.882 bits per heavy atom. The van der Waals surface area contributed by atoms with Gasteiger partial charge in [-0.15, -0.1) is 0 Å². The zero-order valence-corrected chi connectivity index (χ0v) is 19.6. The van der Waals surface area contributed by atoms with Gasteiger partial charge in [0.15, 0.2) is 0 Å². The molecule has 0 aliphatic carbocycles. The number of nitrogens with one attached hydrogen (secondary N) is 1. The molecule has 1 N–H and O–H groups in total. The topological polar surface area (TPSA) is 71.4 Å². The predicted molar refractivity (Wildman–Crippen MR) is 132 cm³/mol. The molecule has 1 aliphatic heterocycles. The molecule has 7 heteroatoms. The first-order chi connectivity index (χ1) is 16.4. The molecule has 0 radical (unpaired) electrons. The fourth-order valence-corrected chi connectivity index (χ4v) is 5.57. The molecule has 1 aromatic heterocycles. The van der Waals surface area contributed by atoms with E-state index in [-0.39, 0.29) is 16.8 Å². The highest BCUT2D eigenvalue weighted by Gasteiger charge is 2.33. The van der Waals surface area contributed by atoms with Gasteiger partial charge in [-0.3, -0.25) is 9.52 Å². The van der Waals surface area contributed by atoms with Crippen LogP contribution in [0.15, 0.2) is 102 Å². The van der Waals surface area contributed by atoms with E-state index >= 15 is 0 Å². The molecule has 0 saturated heterocycles. The Balaban J connectivity index is 1.47. The average molecular weight is 472 g/mol. The first-order valence-corrected chi connectivity index (χ1v) is 12.6. The molecule has 1 aliphatic rings. The van der Waals surface area contributed by atoms with Crippen molar-refractivity contribution in [2.45, 2.75) is 24.4 Å². The summed E-state index contributed by atoms with van der Waals surface area (Å²) in [6.45, 7) is 3.11. The molecule has 34 heavy (non-hydrogen) atoms. The number of aromatic nitrogens is 1. The van der Waals surface area contributed by atoms with Gasteiger partial charge < -0.3 is 9.47 Å². The van der Waals surface area contributed by atoms with Crippen LogP contribution in [0.4, 0.5) is 5.69 Å². The van der Waals surface area contributed by atoms with Gasteiger partial charge in [0, 0.05) is 36.2 Å². The van der Waals surface area contributed by atoms with E-state index in [2.05, 4.69) is 9.29 Å². The van der Waals surface area contributed by atoms with Crippen LogP contribution in [0.2, 0.25) is 0 Å². The zero-order chi connectivity index (χ0) is 23.7. The van der Waals surface area contributed by atoms with Gasteiger partial charge in [0.1, 0.15) is 0 Å². The van der Waals surface area contributed by atoms with Crippen molar-refractivity contribution in [3.63, 3.8) is 0 Å². The van der Waals surface area contributed by atoms with Crippen molar-refractivity contribution in [3.8, 4) is 0 Å². The van der Waals surface area contributed by atoms with Crippen molar-refractivity contribution >= 4 is 21.6 Å². The second-order valence-electron chi connectivity index (χ2n) is 8.44. The standard InChI is InChI=1S/C27H25N3O3S/c1-20-8-5-12-23(18-20)28-34(32,33)24-13-6-11-22(19-24)27(31)30-17-16-29-15-7-14-25(29)26(30)21-9-3-2-4-10-21/h2-15,18-19,26,28H,16-17H2,1H3. The van der Waals surface area contributed by atoms with Gasteiger partial charge in [-0.2, -0.15) is 0 Å². The van der Waals surface area contributed by atoms with E-state index in [0.717, 1.165) is 16.8 Å². The van der Waals surface area contributed by atoms with Crippen LogP contribution in [0.3, 0.4) is 0 Å². The van der Waals surface area contributed by atoms with Gasteiger partial charge in [-0.05, 0) is 60.5 Å². The number of rotatable bonds is 5. The summed E-state index contributed by atoms with van der Waals surface area (Å²) >= 11 is 0. The third-order valence-electron chi connectivity index (χ3n) is 6.08. The van der Waals surface area contributed by atoms with E-state index < -0.39 is 10.0 Å². The van der Waals surface area contributed by atoms with E-state index in [1.807, 2.05) is 66.6 Å².